The molecule has 2 rings (SSSR count). The molecule has 0 N–H and O–H groups in total. The van der Waals surface area contributed by atoms with Crippen molar-refractivity contribution in [3.8, 4) is 6.07 Å². The molecule has 56 valence electrons. The molecule has 0 bridgehead atoms. The average Bonchev–Trinajstić information content (AvgIpc) is 2.75. The lowest BCUT2D eigenvalue weighted by atomic mass is 10.4. The molecule has 0 aromatic carbocycles. The molecular formula is C8H8N2S. The van der Waals surface area contributed by atoms with Crippen molar-refractivity contribution in [2.75, 3.05) is 0 Å². The number of nitriles is 1. The Morgan fingerprint density at radius 2 is 2.55 bits per heavy atom. The lowest BCUT2D eigenvalue weighted by Gasteiger charge is -1.84. The van der Waals surface area contributed by atoms with E-state index in [-0.39, 0.29) is 0 Å². The van der Waals surface area contributed by atoms with E-state index in [0.717, 1.165) is 11.6 Å². The van der Waals surface area contributed by atoms with Gasteiger partial charge < -0.3 is 0 Å². The summed E-state index contributed by atoms with van der Waals surface area (Å²) in [6.45, 7) is 0. The first kappa shape index (κ1) is 6.81. The number of nitrogens with zero attached hydrogens (tertiary/aromatic N) is 2. The van der Waals surface area contributed by atoms with Crippen LogP contribution in [0, 0.1) is 11.3 Å². The number of rotatable bonds is 2. The highest BCUT2D eigenvalue weighted by Gasteiger charge is 2.26. The minimum absolute atomic E-state index is 0.462. The van der Waals surface area contributed by atoms with Gasteiger partial charge in [0.05, 0.1) is 23.2 Å². The van der Waals surface area contributed by atoms with E-state index in [0.29, 0.717) is 6.42 Å². The van der Waals surface area contributed by atoms with Crippen molar-refractivity contribution in [1.29, 1.82) is 5.26 Å². The van der Waals surface area contributed by atoms with Gasteiger partial charge in [-0.2, -0.15) is 5.26 Å². The summed E-state index contributed by atoms with van der Waals surface area (Å²) in [7, 11) is 0. The molecular weight excluding hydrogens is 156 g/mol. The van der Waals surface area contributed by atoms with Gasteiger partial charge in [-0.15, -0.1) is 11.3 Å². The van der Waals surface area contributed by atoms with Gasteiger partial charge in [0, 0.05) is 11.3 Å². The van der Waals surface area contributed by atoms with Crippen molar-refractivity contribution >= 4 is 11.3 Å². The molecule has 0 radical (unpaired) electrons. The number of thiazole rings is 1. The normalized spacial score (nSPS) is 16.3. The SMILES string of the molecule is N#CCc1csc(C2CC2)n1. The highest BCUT2D eigenvalue weighted by atomic mass is 32.1. The summed E-state index contributed by atoms with van der Waals surface area (Å²) in [6, 6.07) is 2.10. The van der Waals surface area contributed by atoms with Crippen molar-refractivity contribution in [1.82, 2.24) is 4.98 Å². The Labute approximate surface area is 69.5 Å². The van der Waals surface area contributed by atoms with Gasteiger partial charge in [-0.3, -0.25) is 0 Å². The quantitative estimate of drug-likeness (QED) is 0.671. The van der Waals surface area contributed by atoms with Crippen molar-refractivity contribution in [2.24, 2.45) is 0 Å². The predicted molar refractivity (Wildman–Crippen MR) is 43.4 cm³/mol. The topological polar surface area (TPSA) is 36.7 Å². The fourth-order valence-corrected chi connectivity index (χ4v) is 1.99. The minimum atomic E-state index is 0.462. The third-order valence-electron chi connectivity index (χ3n) is 1.76. The standard InChI is InChI=1S/C8H8N2S/c9-4-3-7-5-11-8(10-7)6-1-2-6/h5-6H,1-3H2. The lowest BCUT2D eigenvalue weighted by molar-refractivity contribution is 1.03. The van der Waals surface area contributed by atoms with Crippen molar-refractivity contribution in [3.63, 3.8) is 0 Å². The monoisotopic (exact) mass is 164 g/mol. The summed E-state index contributed by atoms with van der Waals surface area (Å²) in [6.07, 6.45) is 3.04. The zero-order valence-electron chi connectivity index (χ0n) is 6.08. The second kappa shape index (κ2) is 2.63. The van der Waals surface area contributed by atoms with Gasteiger partial charge in [-0.05, 0) is 12.8 Å². The molecule has 11 heavy (non-hydrogen) atoms. The maximum atomic E-state index is 8.40. The van der Waals surface area contributed by atoms with Crippen molar-refractivity contribution < 1.29 is 0 Å². The molecule has 0 aliphatic heterocycles. The molecule has 0 atom stereocenters. The van der Waals surface area contributed by atoms with E-state index < -0.39 is 0 Å². The van der Waals surface area contributed by atoms with E-state index in [1.54, 1.807) is 11.3 Å². The largest absolute Gasteiger partial charge is 0.245 e. The van der Waals surface area contributed by atoms with Crippen LogP contribution < -0.4 is 0 Å². The molecule has 1 heterocycles. The Hall–Kier alpha value is -0.880. The van der Waals surface area contributed by atoms with E-state index in [4.69, 9.17) is 5.26 Å². The summed E-state index contributed by atoms with van der Waals surface area (Å²) < 4.78 is 0. The lowest BCUT2D eigenvalue weighted by Crippen LogP contribution is -1.82. The van der Waals surface area contributed by atoms with Gasteiger partial charge in [0.15, 0.2) is 0 Å². The van der Waals surface area contributed by atoms with Gasteiger partial charge in [0.2, 0.25) is 0 Å². The minimum Gasteiger partial charge on any atom is -0.245 e. The van der Waals surface area contributed by atoms with Crippen LogP contribution in [0.1, 0.15) is 29.5 Å². The fourth-order valence-electron chi connectivity index (χ4n) is 1.00. The highest BCUT2D eigenvalue weighted by Crippen LogP contribution is 2.41. The van der Waals surface area contributed by atoms with Gasteiger partial charge in [0.25, 0.3) is 0 Å². The summed E-state index contributed by atoms with van der Waals surface area (Å²) in [5.41, 5.74) is 0.944. The van der Waals surface area contributed by atoms with Crippen LogP contribution >= 0.6 is 11.3 Å². The van der Waals surface area contributed by atoms with Crippen LogP contribution in [0.25, 0.3) is 0 Å². The van der Waals surface area contributed by atoms with Crippen LogP contribution in [0.15, 0.2) is 5.38 Å². The van der Waals surface area contributed by atoms with Gasteiger partial charge >= 0.3 is 0 Å². The van der Waals surface area contributed by atoms with E-state index in [1.807, 2.05) is 5.38 Å². The second-order valence-corrected chi connectivity index (χ2v) is 3.68. The molecule has 1 saturated carbocycles. The third-order valence-corrected chi connectivity index (χ3v) is 2.81. The predicted octanol–water partition coefficient (Wildman–Crippen LogP) is 2.09. The van der Waals surface area contributed by atoms with Crippen LogP contribution in [-0.2, 0) is 6.42 Å². The summed E-state index contributed by atoms with van der Waals surface area (Å²) in [5, 5.41) is 11.6. The van der Waals surface area contributed by atoms with E-state index in [2.05, 4.69) is 11.1 Å². The molecule has 0 saturated heterocycles. The van der Waals surface area contributed by atoms with Gasteiger partial charge in [-0.1, -0.05) is 0 Å². The molecule has 0 spiro atoms. The zero-order chi connectivity index (χ0) is 7.68. The molecule has 2 nitrogen and oxygen atoms in total. The van der Waals surface area contributed by atoms with E-state index >= 15 is 0 Å². The first-order valence-corrected chi connectivity index (χ1v) is 4.59. The molecule has 1 aliphatic rings. The van der Waals surface area contributed by atoms with Crippen molar-refractivity contribution in [2.45, 2.75) is 25.2 Å². The van der Waals surface area contributed by atoms with Crippen LogP contribution in [0.4, 0.5) is 0 Å². The van der Waals surface area contributed by atoms with Crippen LogP contribution in [0.5, 0.6) is 0 Å². The third kappa shape index (κ3) is 1.41. The first-order chi connectivity index (χ1) is 5.40. The molecule has 0 amide bonds. The van der Waals surface area contributed by atoms with Gasteiger partial charge in [-0.25, -0.2) is 4.98 Å². The van der Waals surface area contributed by atoms with Crippen LogP contribution in [-0.4, -0.2) is 4.98 Å². The van der Waals surface area contributed by atoms with Crippen LogP contribution in [0.3, 0.4) is 0 Å². The smallest absolute Gasteiger partial charge is 0.0959 e. The highest BCUT2D eigenvalue weighted by molar-refractivity contribution is 7.09. The Bertz CT molecular complexity index is 293. The van der Waals surface area contributed by atoms with Crippen molar-refractivity contribution in [3.05, 3.63) is 16.1 Å². The second-order valence-electron chi connectivity index (χ2n) is 2.79. The Kier molecular flexibility index (Phi) is 1.63. The summed E-state index contributed by atoms with van der Waals surface area (Å²) in [4.78, 5) is 4.36. The maximum Gasteiger partial charge on any atom is 0.0959 e. The Morgan fingerprint density at radius 1 is 1.73 bits per heavy atom. The Balaban J connectivity index is 2.13. The first-order valence-electron chi connectivity index (χ1n) is 3.71. The molecule has 3 heteroatoms. The molecule has 0 unspecified atom stereocenters. The Morgan fingerprint density at radius 3 is 3.18 bits per heavy atom. The molecule has 1 aliphatic carbocycles. The summed E-state index contributed by atoms with van der Waals surface area (Å²) in [5.74, 6) is 0.729. The number of hydrogen-bond acceptors (Lipinski definition) is 3. The average molecular weight is 164 g/mol. The zero-order valence-corrected chi connectivity index (χ0v) is 6.90. The maximum absolute atomic E-state index is 8.40. The molecule has 1 aromatic heterocycles. The molecule has 1 aromatic rings. The summed E-state index contributed by atoms with van der Waals surface area (Å²) >= 11 is 1.70. The molecule has 1 fully saturated rings. The van der Waals surface area contributed by atoms with Gasteiger partial charge in [0.1, 0.15) is 0 Å². The fraction of sp³-hybridized carbons (Fsp3) is 0.500. The number of hydrogen-bond donors (Lipinski definition) is 0. The van der Waals surface area contributed by atoms with E-state index in [9.17, 15) is 0 Å². The number of aromatic nitrogens is 1. The van der Waals surface area contributed by atoms with Crippen LogP contribution in [0.2, 0.25) is 0 Å². The van der Waals surface area contributed by atoms with E-state index in [1.165, 1.54) is 17.8 Å².